The maximum atomic E-state index is 10.4. The lowest BCUT2D eigenvalue weighted by Crippen LogP contribution is -1.95. The van der Waals surface area contributed by atoms with Gasteiger partial charge in [0.1, 0.15) is 0 Å². The standard InChI is InChI=1S/C16H16N2OS2/c1-3-8-18-15(19)14(21-16(18)20)9-12-10(2)17-13-7-5-4-6-11(12)13/h4-7,9,19H,3,8H2,1-2H3. The number of aromatic hydroxyl groups is 1. The van der Waals surface area contributed by atoms with Crippen molar-refractivity contribution in [2.24, 2.45) is 4.99 Å². The smallest absolute Gasteiger partial charge is 0.210 e. The fraction of sp³-hybridized carbons (Fsp3) is 0.250. The number of hydrogen-bond acceptors (Lipinski definition) is 4. The molecule has 0 amide bonds. The second-order valence-corrected chi connectivity index (χ2v) is 6.66. The molecule has 2 aromatic rings. The molecule has 0 aliphatic carbocycles. The number of aromatic nitrogens is 1. The average molecular weight is 316 g/mol. The van der Waals surface area contributed by atoms with E-state index in [0.717, 1.165) is 40.4 Å². The summed E-state index contributed by atoms with van der Waals surface area (Å²) in [7, 11) is 0. The Labute approximate surface area is 132 Å². The van der Waals surface area contributed by atoms with Crippen LogP contribution < -0.4 is 0 Å². The van der Waals surface area contributed by atoms with Crippen molar-refractivity contribution in [3.8, 4) is 5.88 Å². The maximum Gasteiger partial charge on any atom is 0.210 e. The molecular formula is C16H16N2OS2. The molecule has 108 valence electrons. The molecule has 3 nitrogen and oxygen atoms in total. The lowest BCUT2D eigenvalue weighted by molar-refractivity contribution is 0.413. The molecule has 2 heterocycles. The van der Waals surface area contributed by atoms with Gasteiger partial charge in [0, 0.05) is 23.4 Å². The van der Waals surface area contributed by atoms with Gasteiger partial charge in [-0.2, -0.15) is 0 Å². The van der Waals surface area contributed by atoms with Crippen LogP contribution in [0.1, 0.15) is 30.7 Å². The molecule has 1 N–H and O–H groups in total. The van der Waals surface area contributed by atoms with Gasteiger partial charge in [-0.05, 0) is 37.7 Å². The Morgan fingerprint density at radius 2 is 2.14 bits per heavy atom. The van der Waals surface area contributed by atoms with E-state index >= 15 is 0 Å². The van der Waals surface area contributed by atoms with Gasteiger partial charge in [0.25, 0.3) is 0 Å². The predicted octanol–water partition coefficient (Wildman–Crippen LogP) is 5.04. The highest BCUT2D eigenvalue weighted by Gasteiger charge is 2.18. The van der Waals surface area contributed by atoms with Crippen LogP contribution in [0.3, 0.4) is 0 Å². The topological polar surface area (TPSA) is 37.5 Å². The second-order valence-electron chi connectivity index (χ2n) is 4.98. The third-order valence-electron chi connectivity index (χ3n) is 3.49. The van der Waals surface area contributed by atoms with Gasteiger partial charge in [-0.1, -0.05) is 25.1 Å². The zero-order chi connectivity index (χ0) is 15.0. The predicted molar refractivity (Wildman–Crippen MR) is 92.2 cm³/mol. The monoisotopic (exact) mass is 316 g/mol. The maximum absolute atomic E-state index is 10.4. The van der Waals surface area contributed by atoms with Crippen LogP contribution in [0.5, 0.6) is 5.88 Å². The third kappa shape index (κ3) is 2.47. The number of aliphatic imine (C=N–C) groups is 1. The molecule has 0 spiro atoms. The number of para-hydroxylation sites is 1. The Bertz CT molecular complexity index is 812. The normalized spacial score (nSPS) is 15.3. The van der Waals surface area contributed by atoms with Crippen LogP contribution >= 0.6 is 23.6 Å². The molecular weight excluding hydrogens is 300 g/mol. The molecule has 0 fully saturated rings. The van der Waals surface area contributed by atoms with Gasteiger partial charge in [0.05, 0.1) is 10.6 Å². The van der Waals surface area contributed by atoms with E-state index < -0.39 is 0 Å². The fourth-order valence-electron chi connectivity index (χ4n) is 2.48. The lowest BCUT2D eigenvalue weighted by Gasteiger charge is -2.03. The minimum absolute atomic E-state index is 0.261. The Balaban J connectivity index is 2.10. The lowest BCUT2D eigenvalue weighted by atomic mass is 10.0. The molecule has 3 rings (SSSR count). The zero-order valence-corrected chi connectivity index (χ0v) is 13.6. The van der Waals surface area contributed by atoms with Crippen molar-refractivity contribution in [1.29, 1.82) is 0 Å². The highest BCUT2D eigenvalue weighted by atomic mass is 32.1. The van der Waals surface area contributed by atoms with E-state index in [1.165, 1.54) is 11.3 Å². The molecule has 0 saturated heterocycles. The number of fused-ring (bicyclic) bond motifs is 1. The van der Waals surface area contributed by atoms with Crippen LogP contribution in [0.2, 0.25) is 0 Å². The van der Waals surface area contributed by atoms with Gasteiger partial charge in [-0.3, -0.25) is 9.56 Å². The summed E-state index contributed by atoms with van der Waals surface area (Å²) in [6.07, 6.45) is 2.94. The van der Waals surface area contributed by atoms with Gasteiger partial charge in [-0.15, -0.1) is 11.3 Å². The number of nitrogens with zero attached hydrogens (tertiary/aromatic N) is 2. The van der Waals surface area contributed by atoms with Crippen molar-refractivity contribution >= 4 is 46.6 Å². The van der Waals surface area contributed by atoms with Crippen LogP contribution in [0.15, 0.2) is 29.3 Å². The summed E-state index contributed by atoms with van der Waals surface area (Å²) < 4.78 is 2.50. The molecule has 1 aromatic carbocycles. The molecule has 1 aliphatic heterocycles. The summed E-state index contributed by atoms with van der Waals surface area (Å²) in [5.41, 5.74) is 4.12. The first kappa shape index (κ1) is 14.2. The van der Waals surface area contributed by atoms with E-state index in [1.807, 2.05) is 31.2 Å². The summed E-state index contributed by atoms with van der Waals surface area (Å²) >= 11 is 6.78. The second kappa shape index (κ2) is 5.58. The summed E-state index contributed by atoms with van der Waals surface area (Å²) in [4.78, 5) is 5.36. The van der Waals surface area contributed by atoms with Crippen molar-refractivity contribution in [1.82, 2.24) is 4.57 Å². The fourth-order valence-corrected chi connectivity index (χ4v) is 3.78. The molecule has 21 heavy (non-hydrogen) atoms. The first-order valence-corrected chi connectivity index (χ1v) is 8.13. The molecule has 0 bridgehead atoms. The molecule has 1 aromatic heterocycles. The van der Waals surface area contributed by atoms with E-state index in [2.05, 4.69) is 18.0 Å². The molecule has 0 unspecified atom stereocenters. The average Bonchev–Trinajstić information content (AvgIpc) is 2.92. The number of benzene rings is 1. The molecule has 1 aliphatic rings. The Hall–Kier alpha value is -1.72. The van der Waals surface area contributed by atoms with E-state index in [1.54, 1.807) is 4.57 Å². The number of rotatable bonds is 3. The number of thiazole rings is 1. The van der Waals surface area contributed by atoms with Crippen molar-refractivity contribution in [3.05, 3.63) is 38.7 Å². The van der Waals surface area contributed by atoms with Gasteiger partial charge >= 0.3 is 0 Å². The van der Waals surface area contributed by atoms with Crippen molar-refractivity contribution in [2.45, 2.75) is 26.8 Å². The molecule has 0 radical (unpaired) electrons. The van der Waals surface area contributed by atoms with E-state index in [0.29, 0.717) is 3.95 Å². The first-order chi connectivity index (χ1) is 10.1. The summed E-state index contributed by atoms with van der Waals surface area (Å²) in [6, 6.07) is 8.05. The van der Waals surface area contributed by atoms with E-state index in [9.17, 15) is 5.11 Å². The molecule has 0 saturated carbocycles. The Kier molecular flexibility index (Phi) is 3.78. The third-order valence-corrected chi connectivity index (χ3v) is 4.87. The SMILES string of the molecule is CCCn1c(O)c(C=C2C(C)=Nc3ccccc32)sc1=S. The summed E-state index contributed by atoms with van der Waals surface area (Å²) in [6.45, 7) is 4.81. The summed E-state index contributed by atoms with van der Waals surface area (Å²) in [5, 5.41) is 10.4. The van der Waals surface area contributed by atoms with Gasteiger partial charge in [0.2, 0.25) is 5.88 Å². The van der Waals surface area contributed by atoms with Crippen LogP contribution in [0.25, 0.3) is 11.6 Å². The largest absolute Gasteiger partial charge is 0.493 e. The number of allylic oxidation sites excluding steroid dienone is 1. The van der Waals surface area contributed by atoms with Gasteiger partial charge in [0.15, 0.2) is 3.95 Å². The molecule has 0 atom stereocenters. The Morgan fingerprint density at radius 3 is 2.90 bits per heavy atom. The Morgan fingerprint density at radius 1 is 1.38 bits per heavy atom. The quantitative estimate of drug-likeness (QED) is 0.805. The van der Waals surface area contributed by atoms with Crippen molar-refractivity contribution in [3.63, 3.8) is 0 Å². The summed E-state index contributed by atoms with van der Waals surface area (Å²) in [5.74, 6) is 0.261. The van der Waals surface area contributed by atoms with Gasteiger partial charge in [-0.25, -0.2) is 0 Å². The van der Waals surface area contributed by atoms with E-state index in [4.69, 9.17) is 12.2 Å². The number of hydrogen-bond donors (Lipinski definition) is 1. The highest BCUT2D eigenvalue weighted by Crippen LogP contribution is 2.38. The van der Waals surface area contributed by atoms with Crippen LogP contribution in [0.4, 0.5) is 5.69 Å². The minimum Gasteiger partial charge on any atom is -0.493 e. The zero-order valence-electron chi connectivity index (χ0n) is 12.0. The van der Waals surface area contributed by atoms with E-state index in [-0.39, 0.29) is 5.88 Å². The highest BCUT2D eigenvalue weighted by molar-refractivity contribution is 7.73. The van der Waals surface area contributed by atoms with Gasteiger partial charge < -0.3 is 5.11 Å². The van der Waals surface area contributed by atoms with Crippen molar-refractivity contribution < 1.29 is 5.11 Å². The van der Waals surface area contributed by atoms with Crippen molar-refractivity contribution in [2.75, 3.05) is 0 Å². The van der Waals surface area contributed by atoms with Crippen LogP contribution in [0, 0.1) is 3.95 Å². The first-order valence-electron chi connectivity index (χ1n) is 6.91. The van der Waals surface area contributed by atoms with Crippen LogP contribution in [-0.4, -0.2) is 15.4 Å². The van der Waals surface area contributed by atoms with Crippen LogP contribution in [-0.2, 0) is 6.54 Å². The molecule has 5 heteroatoms. The minimum atomic E-state index is 0.261.